The van der Waals surface area contributed by atoms with Gasteiger partial charge in [0, 0.05) is 11.3 Å². The van der Waals surface area contributed by atoms with E-state index in [9.17, 15) is 0 Å². The van der Waals surface area contributed by atoms with Crippen molar-refractivity contribution >= 4 is 11.6 Å². The summed E-state index contributed by atoms with van der Waals surface area (Å²) in [4.78, 5) is 4.45. The Morgan fingerprint density at radius 1 is 0.850 bits per heavy atom. The fourth-order valence-corrected chi connectivity index (χ4v) is 1.92. The van der Waals surface area contributed by atoms with E-state index in [1.165, 1.54) is 11.1 Å². The lowest BCUT2D eigenvalue weighted by atomic mass is 10.1. The van der Waals surface area contributed by atoms with E-state index in [4.69, 9.17) is 0 Å². The van der Waals surface area contributed by atoms with E-state index in [1.54, 1.807) is 0 Å². The molecule has 4 nitrogen and oxygen atoms in total. The Balaban J connectivity index is 1.80. The number of anilines is 2. The first-order valence-electron chi connectivity index (χ1n) is 6.54. The molecule has 0 bridgehead atoms. The quantitative estimate of drug-likeness (QED) is 0.756. The van der Waals surface area contributed by atoms with Gasteiger partial charge in [-0.3, -0.25) is 5.10 Å². The first kappa shape index (κ1) is 12.4. The summed E-state index contributed by atoms with van der Waals surface area (Å²) >= 11 is 0. The maximum atomic E-state index is 4.45. The molecule has 0 atom stereocenters. The zero-order valence-electron chi connectivity index (χ0n) is 11.5. The molecule has 0 saturated carbocycles. The number of H-pyrrole nitrogens is 1. The lowest BCUT2D eigenvalue weighted by Gasteiger charge is -2.01. The maximum absolute atomic E-state index is 4.45. The molecule has 0 saturated heterocycles. The smallest absolute Gasteiger partial charge is 0.246 e. The van der Waals surface area contributed by atoms with Crippen LogP contribution in [-0.4, -0.2) is 15.2 Å². The number of benzene rings is 2. The van der Waals surface area contributed by atoms with Crippen molar-refractivity contribution in [1.82, 2.24) is 15.2 Å². The molecule has 100 valence electrons. The van der Waals surface area contributed by atoms with Gasteiger partial charge in [-0.15, -0.1) is 5.10 Å². The van der Waals surface area contributed by atoms with Crippen LogP contribution in [-0.2, 0) is 0 Å². The highest BCUT2D eigenvalue weighted by atomic mass is 15.3. The van der Waals surface area contributed by atoms with E-state index >= 15 is 0 Å². The molecule has 2 N–H and O–H groups in total. The summed E-state index contributed by atoms with van der Waals surface area (Å²) in [5, 5.41) is 10.3. The van der Waals surface area contributed by atoms with E-state index in [0.29, 0.717) is 5.95 Å². The summed E-state index contributed by atoms with van der Waals surface area (Å²) < 4.78 is 0. The van der Waals surface area contributed by atoms with E-state index in [0.717, 1.165) is 17.1 Å². The fourth-order valence-electron chi connectivity index (χ4n) is 1.92. The van der Waals surface area contributed by atoms with Gasteiger partial charge in [-0.05, 0) is 26.0 Å². The van der Waals surface area contributed by atoms with Gasteiger partial charge in [0.2, 0.25) is 5.95 Å². The Morgan fingerprint density at radius 2 is 1.45 bits per heavy atom. The lowest BCUT2D eigenvalue weighted by Crippen LogP contribution is -1.92. The fraction of sp³-hybridized carbons (Fsp3) is 0.125. The molecule has 0 spiro atoms. The largest absolute Gasteiger partial charge is 0.323 e. The van der Waals surface area contributed by atoms with E-state index < -0.39 is 0 Å². The summed E-state index contributed by atoms with van der Waals surface area (Å²) in [5.74, 6) is 1.34. The highest BCUT2D eigenvalue weighted by Gasteiger charge is 2.05. The Hall–Kier alpha value is -2.62. The van der Waals surface area contributed by atoms with Crippen molar-refractivity contribution in [3.8, 4) is 11.4 Å². The molecule has 4 heteroatoms. The minimum Gasteiger partial charge on any atom is -0.323 e. The molecule has 0 aliphatic heterocycles. The van der Waals surface area contributed by atoms with Crippen molar-refractivity contribution in [1.29, 1.82) is 0 Å². The number of nitrogens with zero attached hydrogens (tertiary/aromatic N) is 2. The number of hydrogen-bond acceptors (Lipinski definition) is 3. The third kappa shape index (κ3) is 2.69. The predicted molar refractivity (Wildman–Crippen MR) is 81.0 cm³/mol. The van der Waals surface area contributed by atoms with E-state index in [2.05, 4.69) is 58.6 Å². The molecule has 0 radical (unpaired) electrons. The third-order valence-corrected chi connectivity index (χ3v) is 3.12. The molecule has 0 unspecified atom stereocenters. The van der Waals surface area contributed by atoms with E-state index in [1.807, 2.05) is 24.3 Å². The number of aryl methyl sites for hydroxylation is 2. The number of rotatable bonds is 3. The second kappa shape index (κ2) is 5.17. The molecule has 0 fully saturated rings. The molecule has 20 heavy (non-hydrogen) atoms. The SMILES string of the molecule is Cc1ccc(Nc2n[nH]c(-c3ccc(C)cc3)n2)cc1. The molecule has 0 aliphatic carbocycles. The molecule has 3 aromatic rings. The zero-order valence-corrected chi connectivity index (χ0v) is 11.5. The van der Waals surface area contributed by atoms with Gasteiger partial charge in [-0.25, -0.2) is 0 Å². The first-order valence-corrected chi connectivity index (χ1v) is 6.54. The summed E-state index contributed by atoms with van der Waals surface area (Å²) in [6, 6.07) is 16.3. The average Bonchev–Trinajstić information content (AvgIpc) is 2.91. The van der Waals surface area contributed by atoms with E-state index in [-0.39, 0.29) is 0 Å². The lowest BCUT2D eigenvalue weighted by molar-refractivity contribution is 1.10. The van der Waals surface area contributed by atoms with Gasteiger partial charge in [0.15, 0.2) is 5.82 Å². The van der Waals surface area contributed by atoms with Crippen molar-refractivity contribution in [2.24, 2.45) is 0 Å². The van der Waals surface area contributed by atoms with Crippen molar-refractivity contribution in [3.05, 3.63) is 59.7 Å². The monoisotopic (exact) mass is 264 g/mol. The van der Waals surface area contributed by atoms with Crippen LogP contribution in [0, 0.1) is 13.8 Å². The van der Waals surface area contributed by atoms with Gasteiger partial charge in [-0.1, -0.05) is 47.5 Å². The molecule has 2 aromatic carbocycles. The number of aromatic nitrogens is 3. The molecule has 3 rings (SSSR count). The maximum Gasteiger partial charge on any atom is 0.246 e. The molecular formula is C16H16N4. The number of nitrogens with one attached hydrogen (secondary N) is 2. The minimum absolute atomic E-state index is 0.574. The minimum atomic E-state index is 0.574. The van der Waals surface area contributed by atoms with Crippen LogP contribution in [0.3, 0.4) is 0 Å². The van der Waals surface area contributed by atoms with Gasteiger partial charge < -0.3 is 5.32 Å². The van der Waals surface area contributed by atoms with Crippen molar-refractivity contribution in [2.45, 2.75) is 13.8 Å². The van der Waals surface area contributed by atoms with Crippen LogP contribution in [0.25, 0.3) is 11.4 Å². The molecule has 1 aromatic heterocycles. The van der Waals surface area contributed by atoms with Crippen LogP contribution >= 0.6 is 0 Å². The molecule has 0 aliphatic rings. The van der Waals surface area contributed by atoms with Gasteiger partial charge in [0.05, 0.1) is 0 Å². The molecule has 1 heterocycles. The Bertz CT molecular complexity index is 696. The zero-order chi connectivity index (χ0) is 13.9. The van der Waals surface area contributed by atoms with Crippen LogP contribution < -0.4 is 5.32 Å². The normalized spacial score (nSPS) is 10.5. The van der Waals surface area contributed by atoms with Gasteiger partial charge in [0.1, 0.15) is 0 Å². The number of aromatic amines is 1. The van der Waals surface area contributed by atoms with Crippen LogP contribution in [0.15, 0.2) is 48.5 Å². The third-order valence-electron chi connectivity index (χ3n) is 3.12. The summed E-state index contributed by atoms with van der Waals surface area (Å²) in [6.45, 7) is 4.13. The van der Waals surface area contributed by atoms with Gasteiger partial charge in [-0.2, -0.15) is 4.98 Å². The second-order valence-electron chi connectivity index (χ2n) is 4.86. The Morgan fingerprint density at radius 3 is 2.10 bits per heavy atom. The topological polar surface area (TPSA) is 53.6 Å². The molecular weight excluding hydrogens is 248 g/mol. The van der Waals surface area contributed by atoms with Crippen LogP contribution in [0.2, 0.25) is 0 Å². The van der Waals surface area contributed by atoms with Crippen LogP contribution in [0.1, 0.15) is 11.1 Å². The standard InChI is InChI=1S/C16H16N4/c1-11-3-7-13(8-4-11)15-18-16(20-19-15)17-14-9-5-12(2)6-10-14/h3-10H,1-2H3,(H2,17,18,19,20). The van der Waals surface area contributed by atoms with Gasteiger partial charge >= 0.3 is 0 Å². The van der Waals surface area contributed by atoms with Crippen molar-refractivity contribution < 1.29 is 0 Å². The van der Waals surface area contributed by atoms with Crippen LogP contribution in [0.5, 0.6) is 0 Å². The predicted octanol–water partition coefficient (Wildman–Crippen LogP) is 3.83. The molecule has 0 amide bonds. The average molecular weight is 264 g/mol. The van der Waals surface area contributed by atoms with Gasteiger partial charge in [0.25, 0.3) is 0 Å². The second-order valence-corrected chi connectivity index (χ2v) is 4.86. The van der Waals surface area contributed by atoms with Crippen molar-refractivity contribution in [2.75, 3.05) is 5.32 Å². The Kier molecular flexibility index (Phi) is 3.21. The van der Waals surface area contributed by atoms with Crippen molar-refractivity contribution in [3.63, 3.8) is 0 Å². The van der Waals surface area contributed by atoms with Crippen LogP contribution in [0.4, 0.5) is 11.6 Å². The summed E-state index contributed by atoms with van der Waals surface area (Å²) in [6.07, 6.45) is 0. The first-order chi connectivity index (χ1) is 9.70. The number of hydrogen-bond donors (Lipinski definition) is 2. The highest BCUT2D eigenvalue weighted by Crippen LogP contribution is 2.19. The highest BCUT2D eigenvalue weighted by molar-refractivity contribution is 5.59. The summed E-state index contributed by atoms with van der Waals surface area (Å²) in [7, 11) is 0. The Labute approximate surface area is 117 Å². The summed E-state index contributed by atoms with van der Waals surface area (Å²) in [5.41, 5.74) is 4.46.